The number of pyridine rings is 1. The van der Waals surface area contributed by atoms with Crippen LogP contribution in [0.4, 0.5) is 5.69 Å². The Morgan fingerprint density at radius 1 is 1.21 bits per heavy atom. The van der Waals surface area contributed by atoms with Crippen molar-refractivity contribution >= 4 is 33.8 Å². The smallest absolute Gasteiger partial charge is 0.297 e. The van der Waals surface area contributed by atoms with Crippen molar-refractivity contribution in [3.63, 3.8) is 0 Å². The van der Waals surface area contributed by atoms with Crippen LogP contribution in [0.3, 0.4) is 0 Å². The molecule has 5 rings (SSSR count). The first-order valence-corrected chi connectivity index (χ1v) is 11.3. The molecule has 3 aromatic heterocycles. The summed E-state index contributed by atoms with van der Waals surface area (Å²) in [5, 5.41) is 3.59. The molecule has 0 saturated carbocycles. The number of ether oxygens (including phenoxy) is 2. The van der Waals surface area contributed by atoms with Crippen molar-refractivity contribution in [3.8, 4) is 11.5 Å². The van der Waals surface area contributed by atoms with E-state index in [4.69, 9.17) is 18.9 Å². The number of fused-ring (bicyclic) bond motifs is 5. The minimum Gasteiger partial charge on any atom is -0.497 e. The molecule has 9 nitrogen and oxygen atoms in total. The topological polar surface area (TPSA) is 108 Å². The van der Waals surface area contributed by atoms with Gasteiger partial charge in [-0.1, -0.05) is 13.8 Å². The molecule has 1 amide bonds. The van der Waals surface area contributed by atoms with Gasteiger partial charge in [0.15, 0.2) is 0 Å². The Bertz CT molecular complexity index is 1480. The largest absolute Gasteiger partial charge is 0.497 e. The molecular weight excluding hydrogens is 436 g/mol. The average molecular weight is 463 g/mol. The highest BCUT2D eigenvalue weighted by Gasteiger charge is 2.26. The number of carbonyl (C=O) groups excluding carboxylic acids is 1. The zero-order chi connectivity index (χ0) is 24.0. The van der Waals surface area contributed by atoms with Crippen molar-refractivity contribution in [2.45, 2.75) is 45.6 Å². The molecule has 9 heteroatoms. The molecule has 4 aromatic rings. The highest BCUT2D eigenvalue weighted by Crippen LogP contribution is 2.37. The van der Waals surface area contributed by atoms with E-state index in [1.807, 2.05) is 0 Å². The number of methoxy groups -OCH3 is 2. The van der Waals surface area contributed by atoms with Gasteiger partial charge in [-0.15, -0.1) is 0 Å². The lowest BCUT2D eigenvalue weighted by Gasteiger charge is -2.12. The number of hydrogen-bond donors (Lipinski definition) is 1. The van der Waals surface area contributed by atoms with Crippen molar-refractivity contribution in [2.75, 3.05) is 19.5 Å². The molecule has 1 aliphatic rings. The molecule has 1 N–H and O–H groups in total. The van der Waals surface area contributed by atoms with Gasteiger partial charge in [0.1, 0.15) is 23.6 Å². The third kappa shape index (κ3) is 3.57. The summed E-state index contributed by atoms with van der Waals surface area (Å²) in [7, 11) is 3.05. The molecule has 0 aliphatic heterocycles. The Morgan fingerprint density at radius 3 is 2.74 bits per heavy atom. The van der Waals surface area contributed by atoms with Crippen LogP contribution in [0.5, 0.6) is 11.5 Å². The third-order valence-corrected chi connectivity index (χ3v) is 6.24. The number of nitrogens with zero attached hydrogens (tertiary/aromatic N) is 3. The Kier molecular flexibility index (Phi) is 5.47. The van der Waals surface area contributed by atoms with Gasteiger partial charge in [0.05, 0.1) is 37.3 Å². The fraction of sp³-hybridized carbons (Fsp3) is 0.360. The number of aryl methyl sites for hydroxylation is 1. The maximum atomic E-state index is 13.2. The zero-order valence-corrected chi connectivity index (χ0v) is 19.6. The minimum atomic E-state index is -0.419. The van der Waals surface area contributed by atoms with E-state index in [0.717, 1.165) is 30.3 Å². The summed E-state index contributed by atoms with van der Waals surface area (Å²) < 4.78 is 17.7. The molecule has 0 atom stereocenters. The first-order chi connectivity index (χ1) is 16.4. The van der Waals surface area contributed by atoms with Crippen LogP contribution >= 0.6 is 0 Å². The van der Waals surface area contributed by atoms with E-state index in [0.29, 0.717) is 28.4 Å². The Morgan fingerprint density at radius 2 is 2.00 bits per heavy atom. The Labute approximate surface area is 195 Å². The van der Waals surface area contributed by atoms with Gasteiger partial charge in [-0.2, -0.15) is 0 Å². The monoisotopic (exact) mass is 462 g/mol. The lowest BCUT2D eigenvalue weighted by Crippen LogP contribution is -2.27. The average Bonchev–Trinajstić information content (AvgIpc) is 3.45. The van der Waals surface area contributed by atoms with Gasteiger partial charge in [-0.3, -0.25) is 14.2 Å². The van der Waals surface area contributed by atoms with Crippen molar-refractivity contribution in [2.24, 2.45) is 0 Å². The van der Waals surface area contributed by atoms with Gasteiger partial charge in [0.2, 0.25) is 17.2 Å². The molecular formula is C25H26N4O5. The van der Waals surface area contributed by atoms with Crippen LogP contribution in [0.15, 0.2) is 33.7 Å². The predicted octanol–water partition coefficient (Wildman–Crippen LogP) is 3.81. The first-order valence-electron chi connectivity index (χ1n) is 11.3. The molecule has 1 aliphatic carbocycles. The van der Waals surface area contributed by atoms with E-state index < -0.39 is 11.5 Å². The second-order valence-corrected chi connectivity index (χ2v) is 8.71. The van der Waals surface area contributed by atoms with E-state index in [1.54, 1.807) is 25.3 Å². The van der Waals surface area contributed by atoms with E-state index in [1.165, 1.54) is 29.1 Å². The van der Waals surface area contributed by atoms with Crippen molar-refractivity contribution in [1.29, 1.82) is 0 Å². The molecule has 0 fully saturated rings. The maximum Gasteiger partial charge on any atom is 0.297 e. The molecule has 0 saturated heterocycles. The molecule has 0 unspecified atom stereocenters. The summed E-state index contributed by atoms with van der Waals surface area (Å²) in [6.07, 6.45) is 4.33. The number of hydrogen-bond acceptors (Lipinski definition) is 7. The molecule has 0 bridgehead atoms. The summed E-state index contributed by atoms with van der Waals surface area (Å²) in [4.78, 5) is 35.2. The summed E-state index contributed by atoms with van der Waals surface area (Å²) in [5.41, 5.74) is 4.58. The number of amides is 1. The number of carbonyl (C=O) groups is 1. The lowest BCUT2D eigenvalue weighted by molar-refractivity contribution is -0.116. The summed E-state index contributed by atoms with van der Waals surface area (Å²) in [6, 6.07) is 5.06. The van der Waals surface area contributed by atoms with Crippen LogP contribution in [0, 0.1) is 0 Å². The van der Waals surface area contributed by atoms with Crippen LogP contribution < -0.4 is 20.3 Å². The summed E-state index contributed by atoms with van der Waals surface area (Å²) in [6.45, 7) is 3.99. The molecule has 0 spiro atoms. The van der Waals surface area contributed by atoms with Crippen molar-refractivity contribution in [3.05, 3.63) is 51.7 Å². The maximum absolute atomic E-state index is 13.2. The van der Waals surface area contributed by atoms with Gasteiger partial charge in [-0.25, -0.2) is 9.97 Å². The van der Waals surface area contributed by atoms with Gasteiger partial charge in [0.25, 0.3) is 5.56 Å². The van der Waals surface area contributed by atoms with Gasteiger partial charge in [0, 0.05) is 6.07 Å². The molecule has 0 radical (unpaired) electrons. The normalized spacial score (nSPS) is 13.0. The van der Waals surface area contributed by atoms with Gasteiger partial charge >= 0.3 is 0 Å². The predicted molar refractivity (Wildman–Crippen MR) is 128 cm³/mol. The van der Waals surface area contributed by atoms with Gasteiger partial charge in [-0.05, 0) is 48.4 Å². The van der Waals surface area contributed by atoms with E-state index in [2.05, 4.69) is 24.1 Å². The molecule has 3 heterocycles. The van der Waals surface area contributed by atoms with E-state index in [9.17, 15) is 9.59 Å². The van der Waals surface area contributed by atoms with E-state index >= 15 is 0 Å². The van der Waals surface area contributed by atoms with E-state index in [-0.39, 0.29) is 18.0 Å². The van der Waals surface area contributed by atoms with Crippen LogP contribution in [0.2, 0.25) is 0 Å². The summed E-state index contributed by atoms with van der Waals surface area (Å²) >= 11 is 0. The number of anilines is 1. The Hall–Kier alpha value is -3.88. The number of furan rings is 1. The zero-order valence-electron chi connectivity index (χ0n) is 19.6. The van der Waals surface area contributed by atoms with Crippen LogP contribution in [-0.2, 0) is 24.2 Å². The van der Waals surface area contributed by atoms with Crippen molar-refractivity contribution < 1.29 is 18.7 Å². The summed E-state index contributed by atoms with van der Waals surface area (Å²) in [5.74, 6) is 0.912. The SMILES string of the molecule is COc1ccc(NC(=O)Cn2cnc3c(oc4nc(C(C)C)c5c(c43)CCC5)c2=O)c(OC)c1. The highest BCUT2D eigenvalue weighted by molar-refractivity contribution is 6.03. The molecule has 34 heavy (non-hydrogen) atoms. The second-order valence-electron chi connectivity index (χ2n) is 8.71. The standard InChI is InChI=1S/C25H26N4O5/c1-13(2)21-16-7-5-6-15(16)20-22-23(34-24(20)28-21)25(31)29(12-26-22)11-19(30)27-17-9-8-14(32-3)10-18(17)33-4/h8-10,12-13H,5-7,11H2,1-4H3,(H,27,30). The van der Waals surface area contributed by atoms with Crippen LogP contribution in [0.25, 0.3) is 22.2 Å². The van der Waals surface area contributed by atoms with Crippen LogP contribution in [-0.4, -0.2) is 34.7 Å². The van der Waals surface area contributed by atoms with Crippen LogP contribution in [0.1, 0.15) is 43.0 Å². The quantitative estimate of drug-likeness (QED) is 0.464. The fourth-order valence-corrected chi connectivity index (χ4v) is 4.66. The fourth-order valence-electron chi connectivity index (χ4n) is 4.66. The first kappa shape index (κ1) is 21.9. The number of aromatic nitrogens is 3. The number of rotatable bonds is 6. The second kappa shape index (κ2) is 8.48. The Balaban J connectivity index is 1.50. The third-order valence-electron chi connectivity index (χ3n) is 6.24. The van der Waals surface area contributed by atoms with Crippen molar-refractivity contribution in [1.82, 2.24) is 14.5 Å². The lowest BCUT2D eigenvalue weighted by atomic mass is 9.99. The van der Waals surface area contributed by atoms with Gasteiger partial charge < -0.3 is 19.2 Å². The molecule has 1 aromatic carbocycles. The molecule has 176 valence electrons. The highest BCUT2D eigenvalue weighted by atomic mass is 16.5. The number of nitrogens with one attached hydrogen (secondary N) is 1. The minimum absolute atomic E-state index is 0.120. The number of benzene rings is 1.